The zero-order chi connectivity index (χ0) is 15.7. The minimum Gasteiger partial charge on any atom is -0.305 e. The summed E-state index contributed by atoms with van der Waals surface area (Å²) in [5.74, 6) is 0. The molecule has 121 valence electrons. The molecule has 1 aromatic carbocycles. The van der Waals surface area contributed by atoms with Crippen molar-refractivity contribution >= 4 is 6.08 Å². The molecule has 1 aliphatic carbocycles. The number of benzene rings is 1. The molecule has 0 unspecified atom stereocenters. The second kappa shape index (κ2) is 6.95. The summed E-state index contributed by atoms with van der Waals surface area (Å²) in [6.45, 7) is 10.6. The third-order valence-corrected chi connectivity index (χ3v) is 4.66. The average molecular weight is 481 g/mol. The van der Waals surface area contributed by atoms with E-state index >= 15 is 0 Å². The molecule has 1 nitrogen and oxygen atoms in total. The Hall–Kier alpha value is -1.50. The van der Waals surface area contributed by atoms with Crippen LogP contribution in [0.5, 0.6) is 0 Å². The molecule has 1 heterocycles. The number of hydrogen-bond donors (Lipinski definition) is 0. The third-order valence-electron chi connectivity index (χ3n) is 4.66. The van der Waals surface area contributed by atoms with Crippen LogP contribution in [0.2, 0.25) is 0 Å². The Morgan fingerprint density at radius 3 is 2.78 bits per heavy atom. The van der Waals surface area contributed by atoms with Crippen molar-refractivity contribution in [1.82, 2.24) is 4.98 Å². The van der Waals surface area contributed by atoms with Crippen LogP contribution in [0, 0.1) is 6.07 Å². The maximum Gasteiger partial charge on any atom is 0.0163 e. The monoisotopic (exact) mass is 481 g/mol. The third kappa shape index (κ3) is 3.24. The smallest absolute Gasteiger partial charge is 0.0163 e. The minimum atomic E-state index is 0. The molecule has 0 saturated heterocycles. The first-order chi connectivity index (χ1) is 10.6. The van der Waals surface area contributed by atoms with Crippen molar-refractivity contribution in [2.75, 3.05) is 0 Å². The zero-order valence-electron chi connectivity index (χ0n) is 13.9. The molecule has 0 N–H and O–H groups in total. The number of aromatic nitrogens is 1. The van der Waals surface area contributed by atoms with Gasteiger partial charge >= 0.3 is 0 Å². The molecule has 0 aliphatic heterocycles. The fourth-order valence-corrected chi connectivity index (χ4v) is 3.17. The number of nitrogens with zero attached hydrogens (tertiary/aromatic N) is 1. The van der Waals surface area contributed by atoms with Crippen molar-refractivity contribution in [2.24, 2.45) is 0 Å². The van der Waals surface area contributed by atoms with Crippen LogP contribution in [0.15, 0.2) is 48.7 Å². The van der Waals surface area contributed by atoms with E-state index < -0.39 is 0 Å². The van der Waals surface area contributed by atoms with E-state index in [0.29, 0.717) is 0 Å². The van der Waals surface area contributed by atoms with Crippen molar-refractivity contribution in [1.29, 1.82) is 0 Å². The fourth-order valence-electron chi connectivity index (χ4n) is 3.17. The van der Waals surface area contributed by atoms with Crippen LogP contribution in [-0.2, 0) is 31.9 Å². The van der Waals surface area contributed by atoms with Gasteiger partial charge in [0.25, 0.3) is 0 Å². The van der Waals surface area contributed by atoms with Gasteiger partial charge in [0, 0.05) is 26.3 Å². The van der Waals surface area contributed by atoms with E-state index in [2.05, 4.69) is 68.7 Å². The Morgan fingerprint density at radius 2 is 2.09 bits per heavy atom. The van der Waals surface area contributed by atoms with Crippen molar-refractivity contribution in [3.63, 3.8) is 0 Å². The van der Waals surface area contributed by atoms with Gasteiger partial charge < -0.3 is 4.98 Å². The molecule has 3 rings (SSSR count). The van der Waals surface area contributed by atoms with Gasteiger partial charge in [-0.25, -0.2) is 0 Å². The first-order valence-corrected chi connectivity index (χ1v) is 7.89. The van der Waals surface area contributed by atoms with Crippen LogP contribution >= 0.6 is 0 Å². The van der Waals surface area contributed by atoms with E-state index in [1.165, 1.54) is 22.3 Å². The standard InChI is InChI=1S/C21H22N.Ir/c1-5-7-18-14-17-13-16(8-9-19(17)21(18,3)4)20-12-15(6-2)10-11-22-20;/h5,9-14H,1,6-7H2,2-4H3;/q-1;. The largest absolute Gasteiger partial charge is 0.305 e. The fraction of sp³-hybridized carbons (Fsp3) is 0.286. The molecule has 0 fully saturated rings. The first-order valence-electron chi connectivity index (χ1n) is 7.89. The average Bonchev–Trinajstić information content (AvgIpc) is 2.78. The van der Waals surface area contributed by atoms with Gasteiger partial charge in [0.2, 0.25) is 0 Å². The molecular formula is C21H22IrN-. The van der Waals surface area contributed by atoms with Crippen LogP contribution in [0.4, 0.5) is 0 Å². The van der Waals surface area contributed by atoms with E-state index in [1.807, 2.05) is 12.3 Å². The Morgan fingerprint density at radius 1 is 1.30 bits per heavy atom. The number of fused-ring (bicyclic) bond motifs is 1. The van der Waals surface area contributed by atoms with E-state index in [9.17, 15) is 0 Å². The Kier molecular flexibility index (Phi) is 5.39. The summed E-state index contributed by atoms with van der Waals surface area (Å²) in [7, 11) is 0. The second-order valence-corrected chi connectivity index (χ2v) is 6.41. The number of allylic oxidation sites excluding steroid dienone is 2. The molecule has 1 aliphatic rings. The Balaban J connectivity index is 0.00000192. The predicted octanol–water partition coefficient (Wildman–Crippen LogP) is 5.36. The van der Waals surface area contributed by atoms with E-state index in [1.54, 1.807) is 0 Å². The van der Waals surface area contributed by atoms with Gasteiger partial charge in [-0.05, 0) is 30.0 Å². The number of pyridine rings is 1. The van der Waals surface area contributed by atoms with E-state index in [4.69, 9.17) is 0 Å². The quantitative estimate of drug-likeness (QED) is 0.424. The Labute approximate surface area is 152 Å². The predicted molar refractivity (Wildman–Crippen MR) is 93.7 cm³/mol. The van der Waals surface area contributed by atoms with Crippen molar-refractivity contribution in [3.05, 3.63) is 71.4 Å². The molecule has 0 bridgehead atoms. The topological polar surface area (TPSA) is 12.9 Å². The summed E-state index contributed by atoms with van der Waals surface area (Å²) in [5, 5.41) is 0. The van der Waals surface area contributed by atoms with Crippen LogP contribution in [0.25, 0.3) is 17.3 Å². The summed E-state index contributed by atoms with van der Waals surface area (Å²) in [4.78, 5) is 4.51. The minimum absolute atomic E-state index is 0. The molecule has 0 amide bonds. The Bertz CT molecular complexity index is 756. The molecule has 2 heteroatoms. The van der Waals surface area contributed by atoms with Crippen molar-refractivity contribution < 1.29 is 20.1 Å². The molecule has 1 radical (unpaired) electrons. The molecule has 0 saturated carbocycles. The molecule has 23 heavy (non-hydrogen) atoms. The van der Waals surface area contributed by atoms with E-state index in [0.717, 1.165) is 24.1 Å². The zero-order valence-corrected chi connectivity index (χ0v) is 16.3. The van der Waals surface area contributed by atoms with Gasteiger partial charge in [0.05, 0.1) is 0 Å². The van der Waals surface area contributed by atoms with Gasteiger partial charge in [0.15, 0.2) is 0 Å². The summed E-state index contributed by atoms with van der Waals surface area (Å²) >= 11 is 0. The summed E-state index contributed by atoms with van der Waals surface area (Å²) in [5.41, 5.74) is 7.50. The van der Waals surface area contributed by atoms with Gasteiger partial charge in [-0.1, -0.05) is 50.1 Å². The SMILES string of the molecule is C=CCC1=Cc2cc(-c3cc(CC)ccn3)[c-]cc2C1(C)C.[Ir]. The van der Waals surface area contributed by atoms with Crippen LogP contribution in [0.1, 0.15) is 43.9 Å². The molecule has 2 aromatic rings. The van der Waals surface area contributed by atoms with Crippen LogP contribution in [-0.4, -0.2) is 4.98 Å². The number of rotatable bonds is 4. The van der Waals surface area contributed by atoms with Crippen molar-refractivity contribution in [3.8, 4) is 11.3 Å². The van der Waals surface area contributed by atoms with E-state index in [-0.39, 0.29) is 25.5 Å². The molecule has 0 spiro atoms. The molecule has 0 atom stereocenters. The summed E-state index contributed by atoms with van der Waals surface area (Å²) in [6.07, 6.45) is 8.13. The number of aryl methyl sites for hydroxylation is 1. The van der Waals surface area contributed by atoms with Gasteiger partial charge in [-0.15, -0.1) is 41.5 Å². The van der Waals surface area contributed by atoms with Crippen LogP contribution < -0.4 is 0 Å². The maximum absolute atomic E-state index is 4.51. The number of hydrogen-bond acceptors (Lipinski definition) is 1. The van der Waals surface area contributed by atoms with Gasteiger partial charge in [0.1, 0.15) is 0 Å². The second-order valence-electron chi connectivity index (χ2n) is 6.41. The van der Waals surface area contributed by atoms with Gasteiger partial charge in [-0.3, -0.25) is 0 Å². The normalized spacial score (nSPS) is 14.7. The first kappa shape index (κ1) is 17.8. The molecule has 1 aromatic heterocycles. The van der Waals surface area contributed by atoms with Crippen molar-refractivity contribution in [2.45, 2.75) is 39.0 Å². The maximum atomic E-state index is 4.51. The summed E-state index contributed by atoms with van der Waals surface area (Å²) in [6, 6.07) is 12.0. The molecular weight excluding hydrogens is 458 g/mol. The van der Waals surface area contributed by atoms with Gasteiger partial charge in [-0.2, -0.15) is 0 Å². The van der Waals surface area contributed by atoms with Crippen LogP contribution in [0.3, 0.4) is 0 Å². The summed E-state index contributed by atoms with van der Waals surface area (Å²) < 4.78 is 0.